The van der Waals surface area contributed by atoms with Gasteiger partial charge in [-0.2, -0.15) is 0 Å². The summed E-state index contributed by atoms with van der Waals surface area (Å²) in [6, 6.07) is 11.8. The van der Waals surface area contributed by atoms with Crippen molar-refractivity contribution in [3.05, 3.63) is 76.4 Å². The number of rotatable bonds is 3. The molecule has 1 N–H and O–H groups in total. The van der Waals surface area contributed by atoms with Gasteiger partial charge >= 0.3 is 5.97 Å². The third-order valence-corrected chi connectivity index (χ3v) is 6.30. The molecule has 1 aliphatic rings. The third kappa shape index (κ3) is 3.29. The Balaban J connectivity index is 2.07. The molecule has 2 aromatic rings. The number of aliphatic hydroxyl groups is 1. The fourth-order valence-corrected chi connectivity index (χ4v) is 4.23. The van der Waals surface area contributed by atoms with Crippen molar-refractivity contribution in [3.8, 4) is 0 Å². The number of aliphatic hydroxyl groups excluding tert-OH is 1. The highest BCUT2D eigenvalue weighted by molar-refractivity contribution is 5.90. The van der Waals surface area contributed by atoms with Gasteiger partial charge in [0.25, 0.3) is 0 Å². The van der Waals surface area contributed by atoms with Crippen molar-refractivity contribution < 1.29 is 14.6 Å². The van der Waals surface area contributed by atoms with Crippen molar-refractivity contribution in [1.29, 1.82) is 0 Å². The molecular formula is C25H30O3. The lowest BCUT2D eigenvalue weighted by molar-refractivity contribution is 0.0582. The first-order valence-corrected chi connectivity index (χ1v) is 9.70. The summed E-state index contributed by atoms with van der Waals surface area (Å²) in [5.74, 6) is -0.347. The fraction of sp³-hybridized carbons (Fsp3) is 0.400. The summed E-state index contributed by atoms with van der Waals surface area (Å²) in [4.78, 5) is 11.7. The molecule has 0 aromatic heterocycles. The van der Waals surface area contributed by atoms with Crippen LogP contribution in [0.15, 0.2) is 43.0 Å². The van der Waals surface area contributed by atoms with Crippen LogP contribution in [0.3, 0.4) is 0 Å². The number of fused-ring (bicyclic) bond motifs is 1. The van der Waals surface area contributed by atoms with Gasteiger partial charge in [0.2, 0.25) is 0 Å². The number of carbonyl (C=O) groups excluding carboxylic acids is 1. The Kier molecular flexibility index (Phi) is 5.01. The van der Waals surface area contributed by atoms with Gasteiger partial charge in [-0.15, -0.1) is 0 Å². The second-order valence-corrected chi connectivity index (χ2v) is 9.09. The molecule has 3 heteroatoms. The number of carbonyl (C=O) groups is 1. The van der Waals surface area contributed by atoms with E-state index in [9.17, 15) is 9.90 Å². The Morgan fingerprint density at radius 1 is 1.07 bits per heavy atom. The van der Waals surface area contributed by atoms with Crippen LogP contribution in [-0.2, 0) is 15.6 Å². The summed E-state index contributed by atoms with van der Waals surface area (Å²) in [7, 11) is 1.38. The molecule has 0 saturated carbocycles. The van der Waals surface area contributed by atoms with E-state index in [-0.39, 0.29) is 16.8 Å². The van der Waals surface area contributed by atoms with E-state index in [0.717, 1.165) is 23.1 Å². The summed E-state index contributed by atoms with van der Waals surface area (Å²) < 4.78 is 4.77. The average molecular weight is 379 g/mol. The predicted octanol–water partition coefficient (Wildman–Crippen LogP) is 5.16. The lowest BCUT2D eigenvalue weighted by atomic mass is 9.61. The quantitative estimate of drug-likeness (QED) is 0.750. The zero-order chi connectivity index (χ0) is 20.9. The molecule has 0 heterocycles. The summed E-state index contributed by atoms with van der Waals surface area (Å²) in [5.41, 5.74) is 6.73. The number of hydrogen-bond donors (Lipinski definition) is 1. The molecule has 3 nitrogen and oxygen atoms in total. The number of ether oxygens (including phenoxy) is 1. The number of esters is 1. The van der Waals surface area contributed by atoms with Crippen LogP contribution in [0.4, 0.5) is 0 Å². The largest absolute Gasteiger partial charge is 0.465 e. The molecule has 148 valence electrons. The van der Waals surface area contributed by atoms with Crippen molar-refractivity contribution in [3.63, 3.8) is 0 Å². The summed E-state index contributed by atoms with van der Waals surface area (Å²) in [6.45, 7) is 15.0. The Hall–Kier alpha value is -2.39. The molecule has 0 aliphatic heterocycles. The second kappa shape index (κ2) is 6.89. The van der Waals surface area contributed by atoms with Gasteiger partial charge in [-0.25, -0.2) is 4.79 Å². The molecule has 0 fully saturated rings. The van der Waals surface area contributed by atoms with Crippen molar-refractivity contribution in [2.24, 2.45) is 0 Å². The zero-order valence-electron chi connectivity index (χ0n) is 17.7. The Morgan fingerprint density at radius 3 is 2.21 bits per heavy atom. The molecular weight excluding hydrogens is 348 g/mol. The van der Waals surface area contributed by atoms with E-state index in [0.29, 0.717) is 5.56 Å². The van der Waals surface area contributed by atoms with E-state index in [1.165, 1.54) is 23.8 Å². The molecule has 1 aliphatic carbocycles. The molecule has 2 aromatic carbocycles. The van der Waals surface area contributed by atoms with Crippen molar-refractivity contribution in [1.82, 2.24) is 0 Å². The average Bonchev–Trinajstić information content (AvgIpc) is 2.65. The van der Waals surface area contributed by atoms with Crippen LogP contribution in [0.25, 0.3) is 5.57 Å². The van der Waals surface area contributed by atoms with Gasteiger partial charge in [0, 0.05) is 5.41 Å². The fourth-order valence-electron chi connectivity index (χ4n) is 4.23. The van der Waals surface area contributed by atoms with Gasteiger partial charge in [0.05, 0.1) is 18.8 Å². The van der Waals surface area contributed by atoms with E-state index in [4.69, 9.17) is 4.74 Å². The smallest absolute Gasteiger partial charge is 0.337 e. The Labute approximate surface area is 168 Å². The van der Waals surface area contributed by atoms with Crippen LogP contribution in [0.1, 0.15) is 72.3 Å². The van der Waals surface area contributed by atoms with E-state index in [2.05, 4.69) is 53.3 Å². The van der Waals surface area contributed by atoms with Crippen LogP contribution >= 0.6 is 0 Å². The Morgan fingerprint density at radius 2 is 1.64 bits per heavy atom. The SMILES string of the molecule is C=C(c1ccc(C(=O)OC)cc1)c1cc2c(cc1C)C(C)(C)CC(O)C2(C)C. The van der Waals surface area contributed by atoms with Crippen LogP contribution in [0.2, 0.25) is 0 Å². The van der Waals surface area contributed by atoms with Crippen LogP contribution < -0.4 is 0 Å². The van der Waals surface area contributed by atoms with Crippen LogP contribution in [-0.4, -0.2) is 24.3 Å². The maximum Gasteiger partial charge on any atom is 0.337 e. The molecule has 0 amide bonds. The molecule has 0 spiro atoms. The lowest BCUT2D eigenvalue weighted by Gasteiger charge is -2.46. The first-order valence-electron chi connectivity index (χ1n) is 9.70. The standard InChI is InChI=1S/C25H30O3/c1-15-12-20-21(25(5,6)22(26)14-24(20,3)4)13-19(15)16(2)17-8-10-18(11-9-17)23(27)28-7/h8-13,22,26H,2,14H2,1,3-7H3. The molecule has 0 bridgehead atoms. The number of methoxy groups -OCH3 is 1. The number of benzene rings is 2. The van der Waals surface area contributed by atoms with Gasteiger partial charge in [-0.05, 0) is 70.3 Å². The topological polar surface area (TPSA) is 46.5 Å². The number of aryl methyl sites for hydroxylation is 1. The minimum atomic E-state index is -0.391. The highest BCUT2D eigenvalue weighted by atomic mass is 16.5. The molecule has 1 unspecified atom stereocenters. The van der Waals surface area contributed by atoms with Crippen molar-refractivity contribution >= 4 is 11.5 Å². The molecule has 1 atom stereocenters. The summed E-state index contributed by atoms with van der Waals surface area (Å²) in [6.07, 6.45) is 0.361. The van der Waals surface area contributed by atoms with Gasteiger partial charge in [-0.1, -0.05) is 52.5 Å². The second-order valence-electron chi connectivity index (χ2n) is 9.09. The van der Waals surface area contributed by atoms with Gasteiger partial charge in [-0.3, -0.25) is 0 Å². The van der Waals surface area contributed by atoms with E-state index in [1.807, 2.05) is 12.1 Å². The predicted molar refractivity (Wildman–Crippen MR) is 114 cm³/mol. The van der Waals surface area contributed by atoms with Crippen LogP contribution in [0, 0.1) is 6.92 Å². The Bertz CT molecular complexity index is 933. The third-order valence-electron chi connectivity index (χ3n) is 6.30. The van der Waals surface area contributed by atoms with Crippen molar-refractivity contribution in [2.45, 2.75) is 58.0 Å². The molecule has 3 rings (SSSR count). The molecule has 0 saturated heterocycles. The minimum absolute atomic E-state index is 0.0724. The normalized spacial score (nSPS) is 19.6. The highest BCUT2D eigenvalue weighted by Crippen LogP contribution is 2.47. The number of hydrogen-bond acceptors (Lipinski definition) is 3. The maximum atomic E-state index is 11.7. The van der Waals surface area contributed by atoms with Gasteiger partial charge in [0.15, 0.2) is 0 Å². The summed E-state index contributed by atoms with van der Waals surface area (Å²) >= 11 is 0. The monoisotopic (exact) mass is 378 g/mol. The first-order chi connectivity index (χ1) is 13.0. The maximum absolute atomic E-state index is 11.7. The summed E-state index contributed by atoms with van der Waals surface area (Å²) in [5, 5.41) is 10.8. The zero-order valence-corrected chi connectivity index (χ0v) is 17.7. The van der Waals surface area contributed by atoms with E-state index in [1.54, 1.807) is 12.1 Å². The lowest BCUT2D eigenvalue weighted by Crippen LogP contribution is -2.45. The van der Waals surface area contributed by atoms with Crippen LogP contribution in [0.5, 0.6) is 0 Å². The molecule has 0 radical (unpaired) electrons. The van der Waals surface area contributed by atoms with Gasteiger partial charge in [0.1, 0.15) is 0 Å². The highest BCUT2D eigenvalue weighted by Gasteiger charge is 2.43. The molecule has 28 heavy (non-hydrogen) atoms. The minimum Gasteiger partial charge on any atom is -0.465 e. The first kappa shape index (κ1) is 20.3. The van der Waals surface area contributed by atoms with E-state index >= 15 is 0 Å². The van der Waals surface area contributed by atoms with Crippen molar-refractivity contribution in [2.75, 3.05) is 7.11 Å². The van der Waals surface area contributed by atoms with Gasteiger partial charge < -0.3 is 9.84 Å². The van der Waals surface area contributed by atoms with E-state index < -0.39 is 6.10 Å².